The van der Waals surface area contributed by atoms with E-state index in [-0.39, 0.29) is 0 Å². The summed E-state index contributed by atoms with van der Waals surface area (Å²) in [5.74, 6) is 0.940. The summed E-state index contributed by atoms with van der Waals surface area (Å²) >= 11 is 0. The molecule has 3 aromatic rings. The van der Waals surface area contributed by atoms with Gasteiger partial charge in [0, 0.05) is 12.6 Å². The van der Waals surface area contributed by atoms with E-state index in [1.807, 2.05) is 12.1 Å². The van der Waals surface area contributed by atoms with Gasteiger partial charge in [-0.1, -0.05) is 43.2 Å². The van der Waals surface area contributed by atoms with Crippen molar-refractivity contribution < 1.29 is 0 Å². The second-order valence-corrected chi connectivity index (χ2v) is 5.77. The number of aromatic nitrogens is 5. The lowest BCUT2D eigenvalue weighted by Gasteiger charge is -2.30. The number of nitrogens with zero attached hydrogens (tertiary/aromatic N) is 6. The molecule has 0 saturated heterocycles. The van der Waals surface area contributed by atoms with E-state index in [0.29, 0.717) is 11.7 Å². The van der Waals surface area contributed by atoms with Gasteiger partial charge in [-0.15, -0.1) is 14.8 Å². The molecule has 0 atom stereocenters. The fourth-order valence-corrected chi connectivity index (χ4v) is 3.19. The van der Waals surface area contributed by atoms with E-state index in [1.54, 1.807) is 0 Å². The number of benzene rings is 1. The largest absolute Gasteiger partial charge is 0.348 e. The van der Waals surface area contributed by atoms with Crippen molar-refractivity contribution in [3.63, 3.8) is 0 Å². The van der Waals surface area contributed by atoms with Gasteiger partial charge >= 0.3 is 0 Å². The zero-order chi connectivity index (χ0) is 14.8. The second kappa shape index (κ2) is 5.71. The average molecular weight is 294 g/mol. The molecule has 2 heterocycles. The Kier molecular flexibility index (Phi) is 3.42. The highest BCUT2D eigenvalue weighted by atomic mass is 15.6. The van der Waals surface area contributed by atoms with Crippen LogP contribution in [0.1, 0.15) is 31.2 Å². The lowest BCUT2D eigenvalue weighted by Crippen LogP contribution is -2.33. The maximum Gasteiger partial charge on any atom is 0.200 e. The maximum absolute atomic E-state index is 4.58. The molecular weight excluding hydrogens is 276 g/mol. The average Bonchev–Trinajstić information content (AvgIpc) is 3.24. The van der Waals surface area contributed by atoms with Crippen LogP contribution in [-0.2, 0) is 6.54 Å². The highest BCUT2D eigenvalue weighted by molar-refractivity contribution is 5.46. The Balaban J connectivity index is 1.69. The third-order valence-corrected chi connectivity index (χ3v) is 4.31. The molecule has 1 aliphatic rings. The van der Waals surface area contributed by atoms with Gasteiger partial charge in [-0.25, -0.2) is 0 Å². The molecule has 0 bridgehead atoms. The van der Waals surface area contributed by atoms with Crippen LogP contribution in [0.4, 0.5) is 5.82 Å². The van der Waals surface area contributed by atoms with Crippen molar-refractivity contribution in [1.82, 2.24) is 25.3 Å². The molecule has 1 fully saturated rings. The van der Waals surface area contributed by atoms with Crippen molar-refractivity contribution in [1.29, 1.82) is 0 Å². The van der Waals surface area contributed by atoms with Crippen LogP contribution < -0.4 is 4.90 Å². The molecule has 2 aromatic heterocycles. The Bertz CT molecular complexity index is 747. The van der Waals surface area contributed by atoms with Crippen molar-refractivity contribution in [3.8, 4) is 0 Å². The van der Waals surface area contributed by atoms with Gasteiger partial charge in [0.2, 0.25) is 0 Å². The summed E-state index contributed by atoms with van der Waals surface area (Å²) in [4.78, 5) is 2.39. The van der Waals surface area contributed by atoms with Crippen LogP contribution in [-0.4, -0.2) is 31.3 Å². The maximum atomic E-state index is 4.58. The Labute approximate surface area is 128 Å². The number of rotatable bonds is 4. The number of tetrazole rings is 1. The summed E-state index contributed by atoms with van der Waals surface area (Å²) < 4.78 is 1.50. The van der Waals surface area contributed by atoms with Crippen LogP contribution in [0, 0.1) is 0 Å². The van der Waals surface area contributed by atoms with Crippen molar-refractivity contribution in [2.45, 2.75) is 38.3 Å². The van der Waals surface area contributed by atoms with E-state index >= 15 is 0 Å². The number of hydrogen-bond donors (Lipinski definition) is 0. The van der Waals surface area contributed by atoms with Gasteiger partial charge in [0.05, 0.1) is 0 Å². The molecule has 0 amide bonds. The van der Waals surface area contributed by atoms with E-state index in [4.69, 9.17) is 0 Å². The zero-order valence-electron chi connectivity index (χ0n) is 12.3. The quantitative estimate of drug-likeness (QED) is 0.740. The van der Waals surface area contributed by atoms with Crippen molar-refractivity contribution >= 4 is 11.5 Å². The smallest absolute Gasteiger partial charge is 0.200 e. The molecule has 0 N–H and O–H groups in total. The van der Waals surface area contributed by atoms with E-state index in [0.717, 1.165) is 12.4 Å². The third-order valence-electron chi connectivity index (χ3n) is 4.31. The SMILES string of the molecule is c1ccc(CN(c2ccc3nnnn3n2)C2CCCC2)cc1. The predicted molar refractivity (Wildman–Crippen MR) is 83.5 cm³/mol. The van der Waals surface area contributed by atoms with Gasteiger partial charge in [0.15, 0.2) is 11.5 Å². The summed E-state index contributed by atoms with van der Waals surface area (Å²) in [6, 6.07) is 15.0. The molecule has 0 radical (unpaired) electrons. The lowest BCUT2D eigenvalue weighted by molar-refractivity contribution is 0.587. The molecule has 22 heavy (non-hydrogen) atoms. The van der Waals surface area contributed by atoms with Gasteiger partial charge in [-0.3, -0.25) is 0 Å². The number of anilines is 1. The van der Waals surface area contributed by atoms with Crippen molar-refractivity contribution in [2.24, 2.45) is 0 Å². The summed E-state index contributed by atoms with van der Waals surface area (Å²) in [5.41, 5.74) is 1.97. The minimum atomic E-state index is 0.543. The van der Waals surface area contributed by atoms with Crippen LogP contribution >= 0.6 is 0 Å². The lowest BCUT2D eigenvalue weighted by atomic mass is 10.1. The standard InChI is InChI=1S/C16H18N6/c1-2-6-13(7-3-1)12-21(14-8-4-5-9-14)16-11-10-15-17-19-20-22(15)18-16/h1-3,6-7,10-11,14H,4-5,8-9,12H2. The summed E-state index contributed by atoms with van der Waals surface area (Å²) in [6.07, 6.45) is 5.04. The molecular formula is C16H18N6. The van der Waals surface area contributed by atoms with Gasteiger partial charge in [0.25, 0.3) is 0 Å². The Morgan fingerprint density at radius 2 is 1.86 bits per heavy atom. The van der Waals surface area contributed by atoms with E-state index < -0.39 is 0 Å². The molecule has 6 heteroatoms. The minimum Gasteiger partial charge on any atom is -0.348 e. The van der Waals surface area contributed by atoms with Gasteiger partial charge in [-0.05, 0) is 41.0 Å². The number of fused-ring (bicyclic) bond motifs is 1. The topological polar surface area (TPSA) is 59.2 Å². The fourth-order valence-electron chi connectivity index (χ4n) is 3.19. The van der Waals surface area contributed by atoms with Crippen molar-refractivity contribution in [2.75, 3.05) is 4.90 Å². The first-order chi connectivity index (χ1) is 10.9. The van der Waals surface area contributed by atoms with Gasteiger partial charge in [0.1, 0.15) is 0 Å². The first kappa shape index (κ1) is 13.2. The first-order valence-electron chi connectivity index (χ1n) is 7.76. The van der Waals surface area contributed by atoms with Gasteiger partial charge < -0.3 is 4.90 Å². The molecule has 1 aliphatic carbocycles. The summed E-state index contributed by atoms with van der Waals surface area (Å²) in [7, 11) is 0. The molecule has 1 aromatic carbocycles. The summed E-state index contributed by atoms with van der Waals surface area (Å²) in [5, 5.41) is 16.1. The Morgan fingerprint density at radius 3 is 2.68 bits per heavy atom. The van der Waals surface area contributed by atoms with Crippen LogP contribution in [0.2, 0.25) is 0 Å². The van der Waals surface area contributed by atoms with Crippen molar-refractivity contribution in [3.05, 3.63) is 48.0 Å². The zero-order valence-corrected chi connectivity index (χ0v) is 12.3. The van der Waals surface area contributed by atoms with Crippen LogP contribution in [0.15, 0.2) is 42.5 Å². The van der Waals surface area contributed by atoms with Crippen LogP contribution in [0.25, 0.3) is 5.65 Å². The van der Waals surface area contributed by atoms with E-state index in [9.17, 15) is 0 Å². The number of hydrogen-bond acceptors (Lipinski definition) is 5. The van der Waals surface area contributed by atoms with Crippen LogP contribution in [0.5, 0.6) is 0 Å². The monoisotopic (exact) mass is 294 g/mol. The highest BCUT2D eigenvalue weighted by Crippen LogP contribution is 2.28. The Morgan fingerprint density at radius 1 is 1.05 bits per heavy atom. The molecule has 0 spiro atoms. The molecule has 0 unspecified atom stereocenters. The highest BCUT2D eigenvalue weighted by Gasteiger charge is 2.24. The van der Waals surface area contributed by atoms with E-state index in [2.05, 4.69) is 55.9 Å². The fraction of sp³-hybridized carbons (Fsp3) is 0.375. The van der Waals surface area contributed by atoms with Crippen LogP contribution in [0.3, 0.4) is 0 Å². The summed E-state index contributed by atoms with van der Waals surface area (Å²) in [6.45, 7) is 0.867. The molecule has 1 saturated carbocycles. The third kappa shape index (κ3) is 2.52. The van der Waals surface area contributed by atoms with Gasteiger partial charge in [-0.2, -0.15) is 0 Å². The predicted octanol–water partition coefficient (Wildman–Crippen LogP) is 2.47. The normalized spacial score (nSPS) is 15.5. The Hall–Kier alpha value is -2.50. The molecule has 4 rings (SSSR count). The molecule has 112 valence electrons. The minimum absolute atomic E-state index is 0.543. The first-order valence-corrected chi connectivity index (χ1v) is 7.76. The second-order valence-electron chi connectivity index (χ2n) is 5.77. The molecule has 0 aliphatic heterocycles. The van der Waals surface area contributed by atoms with E-state index in [1.165, 1.54) is 35.9 Å². The molecule has 6 nitrogen and oxygen atoms in total.